The Hall–Kier alpha value is -3.56. The van der Waals surface area contributed by atoms with E-state index in [1.54, 1.807) is 25.1 Å². The molecule has 4 amide bonds. The van der Waals surface area contributed by atoms with Gasteiger partial charge in [0.15, 0.2) is 17.5 Å². The van der Waals surface area contributed by atoms with Gasteiger partial charge in [-0.05, 0) is 43.2 Å². The lowest BCUT2D eigenvalue weighted by Crippen LogP contribution is -2.44. The highest BCUT2D eigenvalue weighted by Crippen LogP contribution is 2.19. The van der Waals surface area contributed by atoms with E-state index in [0.717, 1.165) is 11.6 Å². The second kappa shape index (κ2) is 11.0. The maximum atomic E-state index is 13.7. The number of rotatable bonds is 8. The van der Waals surface area contributed by atoms with Crippen LogP contribution in [0, 0.1) is 24.4 Å². The predicted molar refractivity (Wildman–Crippen MR) is 110 cm³/mol. The van der Waals surface area contributed by atoms with Gasteiger partial charge in [-0.1, -0.05) is 19.1 Å². The van der Waals surface area contributed by atoms with Crippen molar-refractivity contribution >= 4 is 29.2 Å². The third-order valence-electron chi connectivity index (χ3n) is 4.17. The largest absolute Gasteiger partial charge is 0.332 e. The molecule has 0 aromatic heterocycles. The van der Waals surface area contributed by atoms with Gasteiger partial charge in [0.25, 0.3) is 0 Å². The van der Waals surface area contributed by atoms with E-state index in [1.165, 1.54) is 4.90 Å². The van der Waals surface area contributed by atoms with Crippen LogP contribution in [0.25, 0.3) is 0 Å². The van der Waals surface area contributed by atoms with Crippen LogP contribution in [-0.4, -0.2) is 42.4 Å². The van der Waals surface area contributed by atoms with Crippen molar-refractivity contribution in [2.75, 3.05) is 30.3 Å². The molecule has 0 aliphatic rings. The zero-order chi connectivity index (χ0) is 23.0. The molecule has 31 heavy (non-hydrogen) atoms. The number of aryl methyl sites for hydroxylation is 1. The molecule has 10 heteroatoms. The van der Waals surface area contributed by atoms with Crippen LogP contribution >= 0.6 is 0 Å². The summed E-state index contributed by atoms with van der Waals surface area (Å²) in [5.74, 6) is -5.95. The Labute approximate surface area is 177 Å². The van der Waals surface area contributed by atoms with Gasteiger partial charge >= 0.3 is 6.03 Å². The third kappa shape index (κ3) is 7.02. The summed E-state index contributed by atoms with van der Waals surface area (Å²) in [7, 11) is 0. The number of hydrogen-bond donors (Lipinski definition) is 3. The van der Waals surface area contributed by atoms with Gasteiger partial charge in [-0.3, -0.25) is 9.59 Å². The highest BCUT2D eigenvalue weighted by Gasteiger charge is 2.20. The molecule has 166 valence electrons. The van der Waals surface area contributed by atoms with Crippen LogP contribution in [-0.2, 0) is 9.59 Å². The number of halogens is 3. The van der Waals surface area contributed by atoms with E-state index < -0.39 is 47.5 Å². The minimum absolute atomic E-state index is 0.202. The van der Waals surface area contributed by atoms with E-state index in [2.05, 4.69) is 16.0 Å². The molecule has 0 aliphatic carbocycles. The molecule has 0 bridgehead atoms. The van der Waals surface area contributed by atoms with Crippen LogP contribution in [0.15, 0.2) is 36.4 Å². The minimum Gasteiger partial charge on any atom is -0.332 e. The van der Waals surface area contributed by atoms with Crippen molar-refractivity contribution in [2.45, 2.75) is 20.3 Å². The van der Waals surface area contributed by atoms with E-state index in [1.807, 2.05) is 13.0 Å². The van der Waals surface area contributed by atoms with Gasteiger partial charge < -0.3 is 20.9 Å². The van der Waals surface area contributed by atoms with E-state index in [0.29, 0.717) is 18.2 Å². The predicted octanol–water partition coefficient (Wildman–Crippen LogP) is 3.41. The van der Waals surface area contributed by atoms with E-state index in [4.69, 9.17) is 0 Å². The number of nitrogens with one attached hydrogen (secondary N) is 3. The summed E-state index contributed by atoms with van der Waals surface area (Å²) >= 11 is 0. The number of benzene rings is 2. The maximum Gasteiger partial charge on any atom is 0.319 e. The second-order valence-electron chi connectivity index (χ2n) is 6.76. The Bertz CT molecular complexity index is 969. The molecule has 0 atom stereocenters. The van der Waals surface area contributed by atoms with Gasteiger partial charge in [0.2, 0.25) is 11.8 Å². The van der Waals surface area contributed by atoms with E-state index >= 15 is 0 Å². The molecule has 0 aliphatic heterocycles. The number of carbonyl (C=O) groups is 3. The molecule has 0 radical (unpaired) electrons. The van der Waals surface area contributed by atoms with E-state index in [-0.39, 0.29) is 13.1 Å². The highest BCUT2D eigenvalue weighted by molar-refractivity contribution is 5.96. The fourth-order valence-electron chi connectivity index (χ4n) is 2.71. The van der Waals surface area contributed by atoms with Crippen LogP contribution in [0.3, 0.4) is 0 Å². The molecule has 3 N–H and O–H groups in total. The van der Waals surface area contributed by atoms with Crippen LogP contribution in [0.2, 0.25) is 0 Å². The summed E-state index contributed by atoms with van der Waals surface area (Å²) in [4.78, 5) is 37.7. The summed E-state index contributed by atoms with van der Waals surface area (Å²) < 4.78 is 40.0. The van der Waals surface area contributed by atoms with Crippen LogP contribution < -0.4 is 16.0 Å². The molecule has 0 spiro atoms. The first-order chi connectivity index (χ1) is 14.7. The molecule has 0 saturated heterocycles. The zero-order valence-corrected chi connectivity index (χ0v) is 17.1. The topological polar surface area (TPSA) is 90.5 Å². The Morgan fingerprint density at radius 1 is 1.00 bits per heavy atom. The first kappa shape index (κ1) is 23.7. The number of urea groups is 1. The number of anilines is 2. The number of carbonyl (C=O) groups excluding carboxylic acids is 3. The average Bonchev–Trinajstić information content (AvgIpc) is 2.72. The van der Waals surface area contributed by atoms with Crippen molar-refractivity contribution in [1.82, 2.24) is 10.2 Å². The van der Waals surface area contributed by atoms with Gasteiger partial charge in [0.1, 0.15) is 0 Å². The molecule has 2 aromatic carbocycles. The molecular formula is C21H23F3N4O3. The molecule has 0 heterocycles. The quantitative estimate of drug-likeness (QED) is 0.554. The maximum absolute atomic E-state index is 13.7. The van der Waals surface area contributed by atoms with Crippen molar-refractivity contribution in [1.29, 1.82) is 0 Å². The molecule has 0 saturated carbocycles. The average molecular weight is 436 g/mol. The summed E-state index contributed by atoms with van der Waals surface area (Å²) in [5.41, 5.74) is 0.971. The number of amides is 4. The van der Waals surface area contributed by atoms with Gasteiger partial charge in [0, 0.05) is 12.2 Å². The fourth-order valence-corrected chi connectivity index (χ4v) is 2.71. The Balaban J connectivity index is 1.91. The Morgan fingerprint density at radius 3 is 2.42 bits per heavy atom. The molecule has 7 nitrogen and oxygen atoms in total. The van der Waals surface area contributed by atoms with Gasteiger partial charge in [0.05, 0.1) is 18.8 Å². The lowest BCUT2D eigenvalue weighted by Gasteiger charge is -2.22. The molecule has 0 fully saturated rings. The first-order valence-electron chi connectivity index (χ1n) is 9.54. The third-order valence-corrected chi connectivity index (χ3v) is 4.17. The number of nitrogens with zero attached hydrogens (tertiary/aromatic N) is 1. The molecule has 2 aromatic rings. The van der Waals surface area contributed by atoms with Crippen LogP contribution in [0.1, 0.15) is 18.9 Å². The molecule has 0 unspecified atom stereocenters. The SMILES string of the molecule is CCCN(CC(=O)Nc1ccc(F)c(F)c1F)C(=O)CNC(=O)Nc1cccc(C)c1. The van der Waals surface area contributed by atoms with E-state index in [9.17, 15) is 27.6 Å². The summed E-state index contributed by atoms with van der Waals surface area (Å²) in [6, 6.07) is 8.06. The summed E-state index contributed by atoms with van der Waals surface area (Å²) in [6.45, 7) is 3.03. The van der Waals surface area contributed by atoms with Crippen molar-refractivity contribution < 1.29 is 27.6 Å². The highest BCUT2D eigenvalue weighted by atomic mass is 19.2. The van der Waals surface area contributed by atoms with Crippen LogP contribution in [0.5, 0.6) is 0 Å². The Morgan fingerprint density at radius 2 is 1.74 bits per heavy atom. The van der Waals surface area contributed by atoms with Crippen molar-refractivity contribution in [3.8, 4) is 0 Å². The van der Waals surface area contributed by atoms with Crippen molar-refractivity contribution in [3.63, 3.8) is 0 Å². The molecular weight excluding hydrogens is 413 g/mol. The summed E-state index contributed by atoms with van der Waals surface area (Å²) in [6.07, 6.45) is 0.522. The monoisotopic (exact) mass is 436 g/mol. The lowest BCUT2D eigenvalue weighted by atomic mass is 10.2. The smallest absolute Gasteiger partial charge is 0.319 e. The van der Waals surface area contributed by atoms with Crippen molar-refractivity contribution in [2.24, 2.45) is 0 Å². The standard InChI is InChI=1S/C21H23F3N4O3/c1-3-9-28(12-17(29)27-16-8-7-15(22)19(23)20(16)24)18(30)11-25-21(31)26-14-6-4-5-13(2)10-14/h4-8,10H,3,9,11-12H2,1-2H3,(H,27,29)(H2,25,26,31). The normalized spacial score (nSPS) is 10.4. The number of hydrogen-bond acceptors (Lipinski definition) is 3. The van der Waals surface area contributed by atoms with Gasteiger partial charge in [-0.25, -0.2) is 18.0 Å². The minimum atomic E-state index is -1.71. The van der Waals surface area contributed by atoms with Crippen LogP contribution in [0.4, 0.5) is 29.3 Å². The second-order valence-corrected chi connectivity index (χ2v) is 6.76. The zero-order valence-electron chi connectivity index (χ0n) is 17.1. The fraction of sp³-hybridized carbons (Fsp3) is 0.286. The lowest BCUT2D eigenvalue weighted by molar-refractivity contribution is -0.133. The summed E-state index contributed by atoms with van der Waals surface area (Å²) in [5, 5.41) is 7.11. The van der Waals surface area contributed by atoms with Gasteiger partial charge in [-0.2, -0.15) is 0 Å². The first-order valence-corrected chi connectivity index (χ1v) is 9.54. The van der Waals surface area contributed by atoms with Gasteiger partial charge in [-0.15, -0.1) is 0 Å². The Kier molecular flexibility index (Phi) is 8.42. The van der Waals surface area contributed by atoms with Crippen molar-refractivity contribution in [3.05, 3.63) is 59.4 Å². The molecule has 2 rings (SSSR count).